The minimum absolute atomic E-state index is 0.257. The fourth-order valence-electron chi connectivity index (χ4n) is 2.50. The van der Waals surface area contributed by atoms with E-state index in [2.05, 4.69) is 15.4 Å². The lowest BCUT2D eigenvalue weighted by Crippen LogP contribution is -2.31. The minimum atomic E-state index is -0.977. The Morgan fingerprint density at radius 3 is 2.80 bits per heavy atom. The largest absolute Gasteiger partial charge is 0.480 e. The molecule has 7 nitrogen and oxygen atoms in total. The number of benzene rings is 1. The first-order chi connectivity index (χ1) is 12.1. The van der Waals surface area contributed by atoms with Crippen molar-refractivity contribution in [2.24, 2.45) is 0 Å². The van der Waals surface area contributed by atoms with E-state index in [0.29, 0.717) is 16.5 Å². The van der Waals surface area contributed by atoms with Crippen LogP contribution in [0.15, 0.2) is 41.2 Å². The topological polar surface area (TPSA) is 96.6 Å². The number of hydrogen-bond acceptors (Lipinski definition) is 6. The first-order valence-electron chi connectivity index (χ1n) is 8.00. The van der Waals surface area contributed by atoms with E-state index in [1.807, 2.05) is 37.3 Å². The van der Waals surface area contributed by atoms with E-state index in [-0.39, 0.29) is 5.56 Å². The third-order valence-corrected chi connectivity index (χ3v) is 4.52. The third-order valence-electron chi connectivity index (χ3n) is 3.68. The van der Waals surface area contributed by atoms with Gasteiger partial charge < -0.3 is 10.4 Å². The zero-order chi connectivity index (χ0) is 17.8. The second kappa shape index (κ2) is 7.43. The molecular formula is C17H18N4O3S. The Morgan fingerprint density at radius 1 is 1.36 bits per heavy atom. The van der Waals surface area contributed by atoms with Crippen molar-refractivity contribution in [3.8, 4) is 0 Å². The molecule has 8 heteroatoms. The van der Waals surface area contributed by atoms with Crippen LogP contribution in [0.3, 0.4) is 0 Å². The summed E-state index contributed by atoms with van der Waals surface area (Å²) in [6.07, 6.45) is 1.93. The molecule has 0 aliphatic rings. The molecular weight excluding hydrogens is 340 g/mol. The maximum absolute atomic E-state index is 12.1. The number of aliphatic carboxylic acids is 1. The van der Waals surface area contributed by atoms with Gasteiger partial charge in [-0.15, -0.1) is 5.10 Å². The number of aromatic nitrogens is 3. The standard InChI is InChI=1S/C17H18N4O3S/c1-2-6-12-10-14(22)21-17(18-12)25-16(20-21)19-13(15(23)24)9-11-7-4-3-5-8-11/h3-5,7-8,10,13H,2,6,9H2,1H3,(H,19,20)(H,23,24)/t13-/m1/s1. The predicted octanol–water partition coefficient (Wildman–Crippen LogP) is 2.21. The van der Waals surface area contributed by atoms with E-state index in [1.165, 1.54) is 21.9 Å². The Bertz CT molecular complexity index is 936. The molecule has 0 aliphatic carbocycles. The number of fused-ring (bicyclic) bond motifs is 1. The minimum Gasteiger partial charge on any atom is -0.480 e. The van der Waals surface area contributed by atoms with Crippen molar-refractivity contribution in [3.05, 3.63) is 58.0 Å². The highest BCUT2D eigenvalue weighted by Gasteiger charge is 2.20. The van der Waals surface area contributed by atoms with Crippen molar-refractivity contribution >= 4 is 27.4 Å². The Hall–Kier alpha value is -2.74. The molecule has 0 aliphatic heterocycles. The van der Waals surface area contributed by atoms with Crippen LogP contribution in [0.5, 0.6) is 0 Å². The smallest absolute Gasteiger partial charge is 0.326 e. The SMILES string of the molecule is CCCc1cc(=O)n2nc(N[C@H](Cc3ccccc3)C(=O)O)sc2n1. The molecule has 2 aromatic heterocycles. The van der Waals surface area contributed by atoms with Crippen molar-refractivity contribution < 1.29 is 9.90 Å². The molecule has 130 valence electrons. The molecule has 1 atom stereocenters. The molecule has 2 N–H and O–H groups in total. The zero-order valence-electron chi connectivity index (χ0n) is 13.7. The maximum atomic E-state index is 12.1. The first-order valence-corrected chi connectivity index (χ1v) is 8.81. The number of carboxylic acids is 1. The van der Waals surface area contributed by atoms with E-state index in [0.717, 1.165) is 24.1 Å². The van der Waals surface area contributed by atoms with Crippen LogP contribution in [0.2, 0.25) is 0 Å². The lowest BCUT2D eigenvalue weighted by molar-refractivity contribution is -0.137. The van der Waals surface area contributed by atoms with Crippen LogP contribution in [0.1, 0.15) is 24.6 Å². The molecule has 1 aromatic carbocycles. The van der Waals surface area contributed by atoms with Gasteiger partial charge in [-0.25, -0.2) is 9.78 Å². The number of rotatable bonds is 7. The number of aryl methyl sites for hydroxylation is 1. The molecule has 0 unspecified atom stereocenters. The highest BCUT2D eigenvalue weighted by atomic mass is 32.1. The van der Waals surface area contributed by atoms with E-state index in [4.69, 9.17) is 0 Å². The predicted molar refractivity (Wildman–Crippen MR) is 96.3 cm³/mol. The zero-order valence-corrected chi connectivity index (χ0v) is 14.5. The fraction of sp³-hybridized carbons (Fsp3) is 0.294. The van der Waals surface area contributed by atoms with Gasteiger partial charge in [0.25, 0.3) is 5.56 Å². The molecule has 0 saturated carbocycles. The number of carboxylic acid groups (broad SMARTS) is 1. The summed E-state index contributed by atoms with van der Waals surface area (Å²) < 4.78 is 1.20. The summed E-state index contributed by atoms with van der Waals surface area (Å²) >= 11 is 1.17. The van der Waals surface area contributed by atoms with Crippen LogP contribution in [-0.2, 0) is 17.6 Å². The van der Waals surface area contributed by atoms with Crippen LogP contribution in [0, 0.1) is 0 Å². The van der Waals surface area contributed by atoms with Crippen molar-refractivity contribution in [2.45, 2.75) is 32.2 Å². The van der Waals surface area contributed by atoms with Crippen LogP contribution >= 0.6 is 11.3 Å². The van der Waals surface area contributed by atoms with Crippen LogP contribution in [0.25, 0.3) is 4.96 Å². The fourth-order valence-corrected chi connectivity index (χ4v) is 3.37. The summed E-state index contributed by atoms with van der Waals surface area (Å²) in [4.78, 5) is 28.6. The van der Waals surface area contributed by atoms with Gasteiger partial charge >= 0.3 is 5.97 Å². The van der Waals surface area contributed by atoms with Crippen LogP contribution < -0.4 is 10.9 Å². The van der Waals surface area contributed by atoms with Gasteiger partial charge in [-0.3, -0.25) is 4.79 Å². The first kappa shape index (κ1) is 17.1. The van der Waals surface area contributed by atoms with Gasteiger partial charge in [0, 0.05) is 18.2 Å². The normalized spacial score (nSPS) is 12.2. The number of carbonyl (C=O) groups is 1. The highest BCUT2D eigenvalue weighted by Crippen LogP contribution is 2.19. The van der Waals surface area contributed by atoms with Crippen LogP contribution in [-0.4, -0.2) is 31.7 Å². The molecule has 0 spiro atoms. The Balaban J connectivity index is 1.86. The molecule has 0 radical (unpaired) electrons. The van der Waals surface area contributed by atoms with Gasteiger partial charge in [-0.2, -0.15) is 4.52 Å². The maximum Gasteiger partial charge on any atom is 0.326 e. The third kappa shape index (κ3) is 4.03. The summed E-state index contributed by atoms with van der Waals surface area (Å²) in [5.74, 6) is -0.977. The van der Waals surface area contributed by atoms with Crippen molar-refractivity contribution in [2.75, 3.05) is 5.32 Å². The van der Waals surface area contributed by atoms with Crippen molar-refractivity contribution in [3.63, 3.8) is 0 Å². The second-order valence-corrected chi connectivity index (χ2v) is 6.62. The molecule has 3 rings (SSSR count). The van der Waals surface area contributed by atoms with Gasteiger partial charge in [0.1, 0.15) is 6.04 Å². The van der Waals surface area contributed by atoms with Gasteiger partial charge in [-0.05, 0) is 12.0 Å². The number of nitrogens with zero attached hydrogens (tertiary/aromatic N) is 3. The summed E-state index contributed by atoms with van der Waals surface area (Å²) in [5, 5.41) is 16.9. The summed E-state index contributed by atoms with van der Waals surface area (Å²) in [6, 6.07) is 9.99. The van der Waals surface area contributed by atoms with Gasteiger partial charge in [0.15, 0.2) is 0 Å². The molecule has 0 bridgehead atoms. The molecule has 0 amide bonds. The number of anilines is 1. The summed E-state index contributed by atoms with van der Waals surface area (Å²) in [5.41, 5.74) is 1.37. The van der Waals surface area contributed by atoms with Gasteiger partial charge in [-0.1, -0.05) is 55.0 Å². The lowest BCUT2D eigenvalue weighted by Gasteiger charge is -2.13. The van der Waals surface area contributed by atoms with Gasteiger partial charge in [0.2, 0.25) is 10.1 Å². The lowest BCUT2D eigenvalue weighted by atomic mass is 10.1. The molecule has 0 saturated heterocycles. The molecule has 0 fully saturated rings. The van der Waals surface area contributed by atoms with Crippen LogP contribution in [0.4, 0.5) is 5.13 Å². The number of hydrogen-bond donors (Lipinski definition) is 2. The second-order valence-electron chi connectivity index (χ2n) is 5.66. The molecule has 3 aromatic rings. The van der Waals surface area contributed by atoms with E-state index >= 15 is 0 Å². The average molecular weight is 358 g/mol. The Morgan fingerprint density at radius 2 is 2.12 bits per heavy atom. The van der Waals surface area contributed by atoms with Crippen molar-refractivity contribution in [1.29, 1.82) is 0 Å². The van der Waals surface area contributed by atoms with E-state index in [9.17, 15) is 14.7 Å². The van der Waals surface area contributed by atoms with E-state index < -0.39 is 12.0 Å². The Kier molecular flexibility index (Phi) is 5.08. The van der Waals surface area contributed by atoms with E-state index in [1.54, 1.807) is 0 Å². The Labute approximate surface area is 148 Å². The quantitative estimate of drug-likeness (QED) is 0.672. The number of nitrogens with one attached hydrogen (secondary N) is 1. The van der Waals surface area contributed by atoms with Crippen molar-refractivity contribution in [1.82, 2.24) is 14.6 Å². The monoisotopic (exact) mass is 358 g/mol. The van der Waals surface area contributed by atoms with Gasteiger partial charge in [0.05, 0.1) is 0 Å². The summed E-state index contributed by atoms with van der Waals surface area (Å²) in [6.45, 7) is 2.02. The summed E-state index contributed by atoms with van der Waals surface area (Å²) in [7, 11) is 0. The average Bonchev–Trinajstić information content (AvgIpc) is 2.98. The highest BCUT2D eigenvalue weighted by molar-refractivity contribution is 7.20. The molecule has 25 heavy (non-hydrogen) atoms. The molecule has 2 heterocycles.